The molecule has 7 rings (SSSR count). The van der Waals surface area contributed by atoms with Crippen molar-refractivity contribution in [2.45, 2.75) is 83.8 Å². The fraction of sp³-hybridized carbons (Fsp3) is 0.349. The van der Waals surface area contributed by atoms with Crippen molar-refractivity contribution in [2.24, 2.45) is 0 Å². The summed E-state index contributed by atoms with van der Waals surface area (Å²) >= 11 is 0. The molecule has 0 aliphatic carbocycles. The number of aromatic nitrogens is 5. The van der Waals surface area contributed by atoms with E-state index in [9.17, 15) is 24.0 Å². The van der Waals surface area contributed by atoms with Crippen LogP contribution in [0.1, 0.15) is 92.0 Å². The summed E-state index contributed by atoms with van der Waals surface area (Å²) in [4.78, 5) is 68.1. The molecule has 2 aromatic carbocycles. The van der Waals surface area contributed by atoms with Crippen LogP contribution in [-0.4, -0.2) is 77.9 Å². The van der Waals surface area contributed by atoms with Crippen molar-refractivity contribution in [3.8, 4) is 39.4 Å². The van der Waals surface area contributed by atoms with Crippen molar-refractivity contribution in [2.75, 3.05) is 13.2 Å². The van der Waals surface area contributed by atoms with Crippen LogP contribution in [0.5, 0.6) is 5.75 Å². The van der Waals surface area contributed by atoms with Crippen LogP contribution < -0.4 is 15.4 Å². The second-order valence-corrected chi connectivity index (χ2v) is 14.7. The molecule has 57 heavy (non-hydrogen) atoms. The Bertz CT molecular complexity index is 2280. The lowest BCUT2D eigenvalue weighted by molar-refractivity contribution is -0.136. The number of ether oxygens (including phenoxy) is 1. The molecule has 3 aromatic heterocycles. The van der Waals surface area contributed by atoms with Gasteiger partial charge in [-0.25, -0.2) is 0 Å². The Labute approximate surface area is 330 Å². The summed E-state index contributed by atoms with van der Waals surface area (Å²) in [7, 11) is 0. The SMILES string of the molecule is CC(C)n1cnnc1-c1ccc(-c2cncc(-c3ccn(CCCCCCCCNC(=O)COc4cccc5c4C(=O)N(C4CCC(=O)NC4=O)C5=O)c3)c2)cc1. The lowest BCUT2D eigenvalue weighted by atomic mass is 10.0. The Kier molecular flexibility index (Phi) is 12.0. The molecule has 2 aliphatic heterocycles. The largest absolute Gasteiger partial charge is 0.483 e. The number of aryl methyl sites for hydroxylation is 1. The van der Waals surface area contributed by atoms with Crippen LogP contribution in [0, 0.1) is 0 Å². The molecule has 5 aromatic rings. The third-order valence-electron chi connectivity index (χ3n) is 10.4. The Morgan fingerprint density at radius 1 is 0.877 bits per heavy atom. The third-order valence-corrected chi connectivity index (χ3v) is 10.4. The van der Waals surface area contributed by atoms with Gasteiger partial charge in [-0.3, -0.25) is 39.2 Å². The molecule has 294 valence electrons. The van der Waals surface area contributed by atoms with Crippen molar-refractivity contribution in [1.29, 1.82) is 0 Å². The number of imide groups is 2. The van der Waals surface area contributed by atoms with Crippen molar-refractivity contribution in [3.05, 3.63) is 96.8 Å². The third kappa shape index (κ3) is 8.85. The van der Waals surface area contributed by atoms with E-state index in [1.165, 1.54) is 12.1 Å². The molecule has 14 heteroatoms. The molecule has 1 unspecified atom stereocenters. The van der Waals surface area contributed by atoms with Gasteiger partial charge in [-0.1, -0.05) is 56.0 Å². The van der Waals surface area contributed by atoms with E-state index in [0.717, 1.165) is 83.6 Å². The fourth-order valence-electron chi connectivity index (χ4n) is 7.30. The number of amides is 5. The number of carbonyl (C=O) groups excluding carboxylic acids is 5. The molecule has 0 radical (unpaired) electrons. The Morgan fingerprint density at radius 3 is 2.39 bits per heavy atom. The molecule has 5 amide bonds. The number of hydrogen-bond acceptors (Lipinski definition) is 9. The molecule has 2 N–H and O–H groups in total. The average molecular weight is 771 g/mol. The van der Waals surface area contributed by atoms with E-state index < -0.39 is 29.7 Å². The predicted molar refractivity (Wildman–Crippen MR) is 212 cm³/mol. The molecule has 0 bridgehead atoms. The minimum absolute atomic E-state index is 0.0169. The van der Waals surface area contributed by atoms with Crippen LogP contribution in [0.25, 0.3) is 33.6 Å². The van der Waals surface area contributed by atoms with Crippen LogP contribution in [0.4, 0.5) is 0 Å². The minimum Gasteiger partial charge on any atom is -0.483 e. The topological polar surface area (TPSA) is 170 Å². The van der Waals surface area contributed by atoms with E-state index >= 15 is 0 Å². The van der Waals surface area contributed by atoms with E-state index in [0.29, 0.717) is 6.54 Å². The molecule has 1 fully saturated rings. The number of piperidine rings is 1. The highest BCUT2D eigenvalue weighted by Gasteiger charge is 2.46. The smallest absolute Gasteiger partial charge is 0.266 e. The van der Waals surface area contributed by atoms with E-state index in [4.69, 9.17) is 4.74 Å². The maximum Gasteiger partial charge on any atom is 0.266 e. The predicted octanol–water partition coefficient (Wildman–Crippen LogP) is 5.99. The van der Waals surface area contributed by atoms with Crippen LogP contribution in [0.3, 0.4) is 0 Å². The fourth-order valence-corrected chi connectivity index (χ4v) is 7.30. The molecule has 5 heterocycles. The quantitative estimate of drug-likeness (QED) is 0.0852. The average Bonchev–Trinajstić information content (AvgIpc) is 3.96. The van der Waals surface area contributed by atoms with Crippen molar-refractivity contribution >= 4 is 29.5 Å². The monoisotopic (exact) mass is 770 g/mol. The summed E-state index contributed by atoms with van der Waals surface area (Å²) in [6.07, 6.45) is 16.1. The summed E-state index contributed by atoms with van der Waals surface area (Å²) in [6.45, 7) is 5.35. The van der Waals surface area contributed by atoms with Gasteiger partial charge in [0.25, 0.3) is 17.7 Å². The highest BCUT2D eigenvalue weighted by molar-refractivity contribution is 6.24. The van der Waals surface area contributed by atoms with Gasteiger partial charge in [-0.05, 0) is 62.9 Å². The zero-order valence-corrected chi connectivity index (χ0v) is 32.1. The number of unbranched alkanes of at least 4 members (excludes halogenated alkanes) is 5. The molecule has 1 atom stereocenters. The van der Waals surface area contributed by atoms with Gasteiger partial charge in [-0.15, -0.1) is 10.2 Å². The molecule has 14 nitrogen and oxygen atoms in total. The first kappa shape index (κ1) is 38.8. The molecule has 2 aliphatic rings. The van der Waals surface area contributed by atoms with Gasteiger partial charge in [0.05, 0.1) is 11.1 Å². The van der Waals surface area contributed by atoms with Gasteiger partial charge in [0.2, 0.25) is 11.8 Å². The number of carbonyl (C=O) groups is 5. The molecular formula is C43H46N8O6. The van der Waals surface area contributed by atoms with Gasteiger partial charge in [-0.2, -0.15) is 0 Å². The van der Waals surface area contributed by atoms with Crippen LogP contribution in [0.15, 0.2) is 85.7 Å². The molecule has 1 saturated heterocycles. The second-order valence-electron chi connectivity index (χ2n) is 14.7. The van der Waals surface area contributed by atoms with E-state index in [1.807, 2.05) is 12.4 Å². The second kappa shape index (κ2) is 17.6. The lowest BCUT2D eigenvalue weighted by Gasteiger charge is -2.27. The number of pyridine rings is 1. The normalized spacial score (nSPS) is 15.3. The molecular weight excluding hydrogens is 725 g/mol. The summed E-state index contributed by atoms with van der Waals surface area (Å²) in [5, 5.41) is 13.4. The van der Waals surface area contributed by atoms with Crippen molar-refractivity contribution in [1.82, 2.24) is 39.8 Å². The summed E-state index contributed by atoms with van der Waals surface area (Å²) in [5.74, 6) is -1.81. The summed E-state index contributed by atoms with van der Waals surface area (Å²) < 4.78 is 9.95. The Hall–Kier alpha value is -6.44. The van der Waals surface area contributed by atoms with Gasteiger partial charge < -0.3 is 19.2 Å². The number of nitrogens with zero attached hydrogens (tertiary/aromatic N) is 6. The van der Waals surface area contributed by atoms with Crippen molar-refractivity contribution in [3.63, 3.8) is 0 Å². The van der Waals surface area contributed by atoms with Gasteiger partial charge in [0.1, 0.15) is 18.1 Å². The van der Waals surface area contributed by atoms with Crippen LogP contribution in [0.2, 0.25) is 0 Å². The number of nitrogens with one attached hydrogen (secondary N) is 2. The Morgan fingerprint density at radius 2 is 1.61 bits per heavy atom. The van der Waals surface area contributed by atoms with Gasteiger partial charge in [0.15, 0.2) is 12.4 Å². The first-order valence-corrected chi connectivity index (χ1v) is 19.5. The first-order chi connectivity index (χ1) is 27.7. The maximum absolute atomic E-state index is 13.2. The maximum atomic E-state index is 13.2. The summed E-state index contributed by atoms with van der Waals surface area (Å²) in [5.41, 5.74) is 5.49. The number of fused-ring (bicyclic) bond motifs is 1. The van der Waals surface area contributed by atoms with Crippen LogP contribution in [-0.2, 0) is 20.9 Å². The zero-order chi connectivity index (χ0) is 39.9. The minimum atomic E-state index is -1.07. The van der Waals surface area contributed by atoms with Crippen LogP contribution >= 0.6 is 0 Å². The zero-order valence-electron chi connectivity index (χ0n) is 32.1. The highest BCUT2D eigenvalue weighted by Crippen LogP contribution is 2.34. The highest BCUT2D eigenvalue weighted by atomic mass is 16.5. The van der Waals surface area contributed by atoms with E-state index in [2.05, 4.69) is 97.6 Å². The number of rotatable bonds is 17. The number of benzene rings is 2. The van der Waals surface area contributed by atoms with E-state index in [-0.39, 0.29) is 48.3 Å². The Balaban J connectivity index is 0.786. The molecule has 0 saturated carbocycles. The first-order valence-electron chi connectivity index (χ1n) is 19.5. The van der Waals surface area contributed by atoms with Gasteiger partial charge >= 0.3 is 0 Å². The molecule has 0 spiro atoms. The number of hydrogen-bond donors (Lipinski definition) is 2. The summed E-state index contributed by atoms with van der Waals surface area (Å²) in [6, 6.07) is 16.4. The lowest BCUT2D eigenvalue weighted by Crippen LogP contribution is -2.54. The standard InChI is InChI=1S/C43H46N8O6/c1-28(2)50-27-46-48-40(50)30-14-12-29(13-15-30)32-22-33(24-44-23-32)31-18-21-49(25-31)20-8-6-4-3-5-7-19-45-38(53)26-57-36-11-9-10-34-39(36)43(56)51(42(34)55)35-16-17-37(52)47-41(35)54/h9-15,18,21-25,27-28,35H,3-8,16-17,19-20,26H2,1-2H3,(H,45,53)(H,47,52,54). The van der Waals surface area contributed by atoms with Gasteiger partial charge in [0, 0.05) is 72.6 Å². The van der Waals surface area contributed by atoms with E-state index in [1.54, 1.807) is 12.4 Å². The van der Waals surface area contributed by atoms with Crippen molar-refractivity contribution < 1.29 is 28.7 Å².